The van der Waals surface area contributed by atoms with Crippen molar-refractivity contribution in [3.8, 4) is 0 Å². The summed E-state index contributed by atoms with van der Waals surface area (Å²) in [4.78, 5) is 11.6. The van der Waals surface area contributed by atoms with Crippen molar-refractivity contribution in [1.29, 1.82) is 0 Å². The monoisotopic (exact) mass is 332 g/mol. The van der Waals surface area contributed by atoms with E-state index >= 15 is 0 Å². The predicted octanol–water partition coefficient (Wildman–Crippen LogP) is 2.15. The Labute approximate surface area is 139 Å². The van der Waals surface area contributed by atoms with E-state index in [1.54, 1.807) is 6.92 Å². The Morgan fingerprint density at radius 1 is 1.26 bits per heavy atom. The standard InChI is InChI=1S/C17H32O6/c1-11(8-6-7-9-15(20)23-17(3,4)5)21-16-14(19)10-13(18)12(2)22-16/h11-14,16,18-19H,6-10H2,1-5H3/t11-,12?,13-,14+,16?/m1/s1. The SMILES string of the molecule is CC1OC(O[C@H](C)CCCCC(=O)OC(C)(C)C)[C@@H](O)C[C@H]1O. The van der Waals surface area contributed by atoms with Gasteiger partial charge in [0, 0.05) is 12.8 Å². The molecule has 0 bridgehead atoms. The lowest BCUT2D eigenvalue weighted by atomic mass is 10.0. The summed E-state index contributed by atoms with van der Waals surface area (Å²) in [7, 11) is 0. The van der Waals surface area contributed by atoms with E-state index in [0.29, 0.717) is 6.42 Å². The van der Waals surface area contributed by atoms with Crippen LogP contribution < -0.4 is 0 Å². The van der Waals surface area contributed by atoms with E-state index in [1.807, 2.05) is 27.7 Å². The fraction of sp³-hybridized carbons (Fsp3) is 0.941. The minimum atomic E-state index is -0.814. The zero-order valence-electron chi connectivity index (χ0n) is 14.9. The summed E-state index contributed by atoms with van der Waals surface area (Å²) in [6, 6.07) is 0. The molecule has 0 radical (unpaired) electrons. The maximum absolute atomic E-state index is 11.6. The third-order valence-electron chi connectivity index (χ3n) is 3.72. The lowest BCUT2D eigenvalue weighted by molar-refractivity contribution is -0.273. The summed E-state index contributed by atoms with van der Waals surface area (Å²) in [5.41, 5.74) is -0.441. The van der Waals surface area contributed by atoms with Crippen molar-refractivity contribution in [2.75, 3.05) is 0 Å². The Balaban J connectivity index is 2.19. The van der Waals surface area contributed by atoms with Crippen molar-refractivity contribution in [2.45, 2.75) is 103 Å². The van der Waals surface area contributed by atoms with Gasteiger partial charge in [-0.3, -0.25) is 4.79 Å². The van der Waals surface area contributed by atoms with Gasteiger partial charge in [0.25, 0.3) is 0 Å². The topological polar surface area (TPSA) is 85.2 Å². The van der Waals surface area contributed by atoms with Crippen LogP contribution in [0.1, 0.15) is 66.7 Å². The first-order valence-corrected chi connectivity index (χ1v) is 8.47. The second kappa shape index (κ2) is 8.97. The molecule has 23 heavy (non-hydrogen) atoms. The van der Waals surface area contributed by atoms with Gasteiger partial charge in [0.15, 0.2) is 6.29 Å². The van der Waals surface area contributed by atoms with E-state index in [9.17, 15) is 15.0 Å². The number of carbonyl (C=O) groups is 1. The average molecular weight is 332 g/mol. The Bertz CT molecular complexity index is 365. The molecule has 0 aromatic heterocycles. The predicted molar refractivity (Wildman–Crippen MR) is 85.8 cm³/mol. The largest absolute Gasteiger partial charge is 0.460 e. The van der Waals surface area contributed by atoms with Gasteiger partial charge in [0.1, 0.15) is 11.7 Å². The van der Waals surface area contributed by atoms with Crippen molar-refractivity contribution in [1.82, 2.24) is 0 Å². The minimum Gasteiger partial charge on any atom is -0.460 e. The number of hydrogen-bond donors (Lipinski definition) is 2. The molecular weight excluding hydrogens is 300 g/mol. The van der Waals surface area contributed by atoms with Gasteiger partial charge in [0.05, 0.1) is 18.3 Å². The van der Waals surface area contributed by atoms with E-state index in [0.717, 1.165) is 19.3 Å². The highest BCUT2D eigenvalue weighted by Gasteiger charge is 2.35. The molecule has 0 spiro atoms. The van der Waals surface area contributed by atoms with Crippen LogP contribution in [0.4, 0.5) is 0 Å². The van der Waals surface area contributed by atoms with Crippen LogP contribution in [-0.4, -0.2) is 52.5 Å². The van der Waals surface area contributed by atoms with Gasteiger partial charge in [-0.2, -0.15) is 0 Å². The second-order valence-corrected chi connectivity index (χ2v) is 7.36. The Morgan fingerprint density at radius 2 is 1.91 bits per heavy atom. The molecule has 0 amide bonds. The molecule has 2 unspecified atom stereocenters. The zero-order valence-corrected chi connectivity index (χ0v) is 14.9. The maximum atomic E-state index is 11.6. The van der Waals surface area contributed by atoms with Crippen molar-refractivity contribution in [3.63, 3.8) is 0 Å². The molecule has 1 rings (SSSR count). The summed E-state index contributed by atoms with van der Waals surface area (Å²) in [5.74, 6) is -0.181. The summed E-state index contributed by atoms with van der Waals surface area (Å²) in [6.07, 6.45) is 0.402. The number of aliphatic hydroxyl groups excluding tert-OH is 2. The van der Waals surface area contributed by atoms with Crippen LogP contribution >= 0.6 is 0 Å². The first-order valence-electron chi connectivity index (χ1n) is 8.47. The number of aliphatic hydroxyl groups is 2. The first kappa shape index (κ1) is 20.4. The molecule has 0 aromatic carbocycles. The van der Waals surface area contributed by atoms with E-state index in [1.165, 1.54) is 0 Å². The van der Waals surface area contributed by atoms with Crippen LogP contribution in [0.25, 0.3) is 0 Å². The van der Waals surface area contributed by atoms with Crippen molar-refractivity contribution in [3.05, 3.63) is 0 Å². The normalized spacial score (nSPS) is 30.0. The highest BCUT2D eigenvalue weighted by molar-refractivity contribution is 5.69. The molecule has 0 aliphatic carbocycles. The molecule has 1 fully saturated rings. The number of rotatable bonds is 7. The Morgan fingerprint density at radius 3 is 2.52 bits per heavy atom. The van der Waals surface area contributed by atoms with Crippen LogP contribution in [-0.2, 0) is 19.0 Å². The van der Waals surface area contributed by atoms with Crippen molar-refractivity contribution >= 4 is 5.97 Å². The van der Waals surface area contributed by atoms with E-state index in [4.69, 9.17) is 14.2 Å². The van der Waals surface area contributed by atoms with E-state index < -0.39 is 24.1 Å². The first-order chi connectivity index (χ1) is 10.6. The Kier molecular flexibility index (Phi) is 7.94. The number of esters is 1. The lowest BCUT2D eigenvalue weighted by Crippen LogP contribution is -2.48. The number of carbonyl (C=O) groups excluding carboxylic acids is 1. The third-order valence-corrected chi connectivity index (χ3v) is 3.72. The summed E-state index contributed by atoms with van der Waals surface area (Å²) in [5, 5.41) is 19.5. The molecule has 1 saturated heterocycles. The fourth-order valence-electron chi connectivity index (χ4n) is 2.46. The van der Waals surface area contributed by atoms with Crippen LogP contribution in [0.5, 0.6) is 0 Å². The molecule has 2 N–H and O–H groups in total. The molecule has 1 aliphatic heterocycles. The van der Waals surface area contributed by atoms with Crippen molar-refractivity contribution in [2.24, 2.45) is 0 Å². The Hall–Kier alpha value is -0.690. The van der Waals surface area contributed by atoms with Gasteiger partial charge in [0.2, 0.25) is 0 Å². The number of hydrogen-bond acceptors (Lipinski definition) is 6. The number of unbranched alkanes of at least 4 members (excludes halogenated alkanes) is 1. The summed E-state index contributed by atoms with van der Waals surface area (Å²) < 4.78 is 16.5. The van der Waals surface area contributed by atoms with Gasteiger partial charge < -0.3 is 24.4 Å². The molecule has 1 heterocycles. The molecule has 0 saturated carbocycles. The van der Waals surface area contributed by atoms with Crippen molar-refractivity contribution < 1.29 is 29.2 Å². The van der Waals surface area contributed by atoms with Crippen LogP contribution in [0.15, 0.2) is 0 Å². The molecule has 6 nitrogen and oxygen atoms in total. The smallest absolute Gasteiger partial charge is 0.306 e. The van der Waals surface area contributed by atoms with Crippen LogP contribution in [0.3, 0.4) is 0 Å². The summed E-state index contributed by atoms with van der Waals surface area (Å²) in [6.45, 7) is 9.24. The maximum Gasteiger partial charge on any atom is 0.306 e. The summed E-state index contributed by atoms with van der Waals surface area (Å²) >= 11 is 0. The van der Waals surface area contributed by atoms with Gasteiger partial charge in [-0.15, -0.1) is 0 Å². The zero-order chi connectivity index (χ0) is 17.6. The van der Waals surface area contributed by atoms with Crippen LogP contribution in [0.2, 0.25) is 0 Å². The van der Waals surface area contributed by atoms with Crippen LogP contribution in [0, 0.1) is 0 Å². The second-order valence-electron chi connectivity index (χ2n) is 7.36. The quantitative estimate of drug-likeness (QED) is 0.549. The fourth-order valence-corrected chi connectivity index (χ4v) is 2.46. The third kappa shape index (κ3) is 8.11. The van der Waals surface area contributed by atoms with Gasteiger partial charge >= 0.3 is 5.97 Å². The molecular formula is C17H32O6. The van der Waals surface area contributed by atoms with E-state index in [2.05, 4.69) is 0 Å². The number of ether oxygens (including phenoxy) is 3. The highest BCUT2D eigenvalue weighted by Crippen LogP contribution is 2.23. The molecule has 136 valence electrons. The molecule has 0 aromatic rings. The van der Waals surface area contributed by atoms with Gasteiger partial charge in [-0.25, -0.2) is 0 Å². The minimum absolute atomic E-state index is 0.0873. The average Bonchev–Trinajstić information content (AvgIpc) is 2.39. The molecule has 1 aliphatic rings. The highest BCUT2D eigenvalue weighted by atomic mass is 16.7. The lowest BCUT2D eigenvalue weighted by Gasteiger charge is -2.36. The van der Waals surface area contributed by atoms with E-state index in [-0.39, 0.29) is 24.6 Å². The van der Waals surface area contributed by atoms with Gasteiger partial charge in [-0.05, 0) is 47.5 Å². The molecule has 6 heteroatoms. The molecule has 5 atom stereocenters. The van der Waals surface area contributed by atoms with Gasteiger partial charge in [-0.1, -0.05) is 6.42 Å².